The van der Waals surface area contributed by atoms with Gasteiger partial charge in [-0.2, -0.15) is 0 Å². The van der Waals surface area contributed by atoms with E-state index in [2.05, 4.69) is 62.0 Å². The number of benzene rings is 2. The zero-order valence-electron chi connectivity index (χ0n) is 10.5. The first-order chi connectivity index (χ1) is 8.20. The second-order valence-corrected chi connectivity index (χ2v) is 4.41. The van der Waals surface area contributed by atoms with Gasteiger partial charge in [0.2, 0.25) is 0 Å². The molecule has 0 nitrogen and oxygen atoms in total. The third-order valence-corrected chi connectivity index (χ3v) is 3.05. The molecular weight excluding hydrogens is 204 g/mol. The van der Waals surface area contributed by atoms with Gasteiger partial charge >= 0.3 is 0 Å². The van der Waals surface area contributed by atoms with Crippen LogP contribution in [0.2, 0.25) is 0 Å². The van der Waals surface area contributed by atoms with Gasteiger partial charge < -0.3 is 0 Å². The van der Waals surface area contributed by atoms with Crippen molar-refractivity contribution in [3.63, 3.8) is 0 Å². The van der Waals surface area contributed by atoms with Crippen LogP contribution in [0.25, 0.3) is 16.7 Å². The van der Waals surface area contributed by atoms with Crippen LogP contribution in [0, 0.1) is 0 Å². The largest absolute Gasteiger partial charge is 0.0955 e. The zero-order valence-corrected chi connectivity index (χ0v) is 10.5. The molecule has 0 bridgehead atoms. The van der Waals surface area contributed by atoms with Crippen LogP contribution in [0.5, 0.6) is 0 Å². The lowest BCUT2D eigenvalue weighted by atomic mass is 9.99. The Hall–Kier alpha value is -1.82. The molecule has 0 N–H and O–H groups in total. The molecule has 0 saturated heterocycles. The fourth-order valence-corrected chi connectivity index (χ4v) is 1.92. The van der Waals surface area contributed by atoms with Gasteiger partial charge in [-0.05, 0) is 35.6 Å². The van der Waals surface area contributed by atoms with Crippen molar-refractivity contribution in [3.8, 4) is 11.1 Å². The molecule has 0 spiro atoms. The highest BCUT2D eigenvalue weighted by Gasteiger charge is 1.99. The van der Waals surface area contributed by atoms with Crippen LogP contribution in [-0.2, 0) is 6.42 Å². The maximum absolute atomic E-state index is 3.96. The van der Waals surface area contributed by atoms with Crippen LogP contribution in [0.4, 0.5) is 0 Å². The van der Waals surface area contributed by atoms with E-state index in [-0.39, 0.29) is 0 Å². The highest BCUT2D eigenvalue weighted by Crippen LogP contribution is 2.22. The third kappa shape index (κ3) is 2.65. The molecule has 0 unspecified atom stereocenters. The van der Waals surface area contributed by atoms with E-state index in [1.807, 2.05) is 6.92 Å². The highest BCUT2D eigenvalue weighted by atomic mass is 14.0. The standard InChI is InChI=1S/C17H18/c1-4-14-6-5-7-17(12-14)16-10-8-15(9-11-16)13(2)3/h5-12H,2,4H2,1,3H3. The summed E-state index contributed by atoms with van der Waals surface area (Å²) in [5.74, 6) is 0. The molecule has 0 saturated carbocycles. The Labute approximate surface area is 104 Å². The van der Waals surface area contributed by atoms with Crippen LogP contribution in [0.1, 0.15) is 25.0 Å². The minimum Gasteiger partial charge on any atom is -0.0955 e. The topological polar surface area (TPSA) is 0 Å². The Morgan fingerprint density at radius 3 is 2.29 bits per heavy atom. The van der Waals surface area contributed by atoms with Crippen molar-refractivity contribution in [3.05, 3.63) is 66.2 Å². The molecule has 0 aromatic heterocycles. The fourth-order valence-electron chi connectivity index (χ4n) is 1.92. The maximum atomic E-state index is 3.96. The summed E-state index contributed by atoms with van der Waals surface area (Å²) in [6.45, 7) is 8.17. The quantitative estimate of drug-likeness (QED) is 0.689. The van der Waals surface area contributed by atoms with Crippen LogP contribution in [0.3, 0.4) is 0 Å². The van der Waals surface area contributed by atoms with Crippen LogP contribution < -0.4 is 0 Å². The fraction of sp³-hybridized carbons (Fsp3) is 0.176. The van der Waals surface area contributed by atoms with Crippen LogP contribution in [-0.4, -0.2) is 0 Å². The van der Waals surface area contributed by atoms with Gasteiger partial charge in [0.05, 0.1) is 0 Å². The summed E-state index contributed by atoms with van der Waals surface area (Å²) >= 11 is 0. The van der Waals surface area contributed by atoms with E-state index < -0.39 is 0 Å². The average Bonchev–Trinajstić information content (AvgIpc) is 2.39. The van der Waals surface area contributed by atoms with Gasteiger partial charge in [0, 0.05) is 0 Å². The van der Waals surface area contributed by atoms with Crippen molar-refractivity contribution in [1.82, 2.24) is 0 Å². The predicted octanol–water partition coefficient (Wildman–Crippen LogP) is 4.95. The summed E-state index contributed by atoms with van der Waals surface area (Å²) in [4.78, 5) is 0. The monoisotopic (exact) mass is 222 g/mol. The van der Waals surface area contributed by atoms with Gasteiger partial charge in [0.25, 0.3) is 0 Å². The summed E-state index contributed by atoms with van der Waals surface area (Å²) in [5, 5.41) is 0. The van der Waals surface area contributed by atoms with Crippen molar-refractivity contribution in [2.75, 3.05) is 0 Å². The Kier molecular flexibility index (Phi) is 3.43. The van der Waals surface area contributed by atoms with Gasteiger partial charge in [-0.15, -0.1) is 0 Å². The van der Waals surface area contributed by atoms with E-state index in [0.717, 1.165) is 12.0 Å². The lowest BCUT2D eigenvalue weighted by Gasteiger charge is -2.06. The average molecular weight is 222 g/mol. The summed E-state index contributed by atoms with van der Waals surface area (Å²) in [6, 6.07) is 17.3. The molecule has 0 radical (unpaired) electrons. The third-order valence-electron chi connectivity index (χ3n) is 3.05. The van der Waals surface area contributed by atoms with Crippen LogP contribution in [0.15, 0.2) is 55.1 Å². The number of hydrogen-bond donors (Lipinski definition) is 0. The maximum Gasteiger partial charge on any atom is -0.0181 e. The molecule has 0 amide bonds. The molecule has 0 fully saturated rings. The number of aryl methyl sites for hydroxylation is 1. The highest BCUT2D eigenvalue weighted by molar-refractivity contribution is 5.69. The minimum atomic E-state index is 1.08. The number of hydrogen-bond acceptors (Lipinski definition) is 0. The summed E-state index contributed by atoms with van der Waals surface area (Å²) in [6.07, 6.45) is 1.08. The lowest BCUT2D eigenvalue weighted by Crippen LogP contribution is -1.83. The van der Waals surface area contributed by atoms with E-state index in [4.69, 9.17) is 0 Å². The second kappa shape index (κ2) is 5.01. The SMILES string of the molecule is C=C(C)c1ccc(-c2cccc(CC)c2)cc1. The Bertz CT molecular complexity index is 518. The molecule has 2 aromatic rings. The van der Waals surface area contributed by atoms with E-state index >= 15 is 0 Å². The van der Waals surface area contributed by atoms with Crippen molar-refractivity contribution in [1.29, 1.82) is 0 Å². The van der Waals surface area contributed by atoms with Gasteiger partial charge in [0.15, 0.2) is 0 Å². The Morgan fingerprint density at radius 2 is 1.71 bits per heavy atom. The van der Waals surface area contributed by atoms with E-state index in [9.17, 15) is 0 Å². The van der Waals surface area contributed by atoms with Crippen molar-refractivity contribution in [2.24, 2.45) is 0 Å². The Morgan fingerprint density at radius 1 is 1.00 bits per heavy atom. The molecule has 0 heterocycles. The van der Waals surface area contributed by atoms with Gasteiger partial charge in [-0.25, -0.2) is 0 Å². The minimum absolute atomic E-state index is 1.08. The summed E-state index contributed by atoms with van der Waals surface area (Å²) in [7, 11) is 0. The first-order valence-electron chi connectivity index (χ1n) is 6.06. The van der Waals surface area contributed by atoms with Crippen LogP contribution >= 0.6 is 0 Å². The molecular formula is C17H18. The molecule has 0 aliphatic carbocycles. The molecule has 0 aliphatic heterocycles. The molecule has 0 aliphatic rings. The van der Waals surface area contributed by atoms with Crippen molar-refractivity contribution >= 4 is 5.57 Å². The number of allylic oxidation sites excluding steroid dienone is 1. The normalized spacial score (nSPS) is 10.2. The first-order valence-corrected chi connectivity index (χ1v) is 6.06. The predicted molar refractivity (Wildman–Crippen MR) is 76.0 cm³/mol. The summed E-state index contributed by atoms with van der Waals surface area (Å²) in [5.41, 5.74) is 6.26. The number of rotatable bonds is 3. The molecule has 86 valence electrons. The zero-order chi connectivity index (χ0) is 12.3. The lowest BCUT2D eigenvalue weighted by molar-refractivity contribution is 1.14. The first kappa shape index (κ1) is 11.7. The smallest absolute Gasteiger partial charge is 0.0181 e. The molecule has 2 aromatic carbocycles. The summed E-state index contributed by atoms with van der Waals surface area (Å²) < 4.78 is 0. The second-order valence-electron chi connectivity index (χ2n) is 4.41. The van der Waals surface area contributed by atoms with Gasteiger partial charge in [-0.1, -0.05) is 67.6 Å². The molecule has 2 rings (SSSR count). The molecule has 0 heteroatoms. The molecule has 0 atom stereocenters. The Balaban J connectivity index is 2.36. The molecule has 17 heavy (non-hydrogen) atoms. The van der Waals surface area contributed by atoms with E-state index in [1.165, 1.54) is 22.3 Å². The van der Waals surface area contributed by atoms with Gasteiger partial charge in [-0.3, -0.25) is 0 Å². The van der Waals surface area contributed by atoms with Crippen molar-refractivity contribution in [2.45, 2.75) is 20.3 Å². The van der Waals surface area contributed by atoms with Crippen molar-refractivity contribution < 1.29 is 0 Å². The van der Waals surface area contributed by atoms with E-state index in [0.29, 0.717) is 0 Å². The van der Waals surface area contributed by atoms with E-state index in [1.54, 1.807) is 0 Å². The van der Waals surface area contributed by atoms with Gasteiger partial charge in [0.1, 0.15) is 0 Å².